The number of nitrogens with zero attached hydrogens (tertiary/aromatic N) is 2. The maximum Gasteiger partial charge on any atom is 0.325 e. The Labute approximate surface area is 124 Å². The Morgan fingerprint density at radius 3 is 2.76 bits per heavy atom. The summed E-state index contributed by atoms with van der Waals surface area (Å²) in [5, 5.41) is 2.03. The van der Waals surface area contributed by atoms with Gasteiger partial charge in [0.25, 0.3) is 0 Å². The van der Waals surface area contributed by atoms with Gasteiger partial charge < -0.3 is 14.4 Å². The van der Waals surface area contributed by atoms with E-state index in [1.807, 2.05) is 29.2 Å². The fourth-order valence-electron chi connectivity index (χ4n) is 2.26. The van der Waals surface area contributed by atoms with E-state index in [0.29, 0.717) is 0 Å². The van der Waals surface area contributed by atoms with Gasteiger partial charge >= 0.3 is 5.97 Å². The van der Waals surface area contributed by atoms with Crippen LogP contribution in [-0.2, 0) is 9.53 Å². The summed E-state index contributed by atoms with van der Waals surface area (Å²) in [6, 6.07) is 7.79. The van der Waals surface area contributed by atoms with Crippen LogP contribution in [0.4, 0.5) is 5.82 Å². The summed E-state index contributed by atoms with van der Waals surface area (Å²) in [5.41, 5.74) is 0. The highest BCUT2D eigenvalue weighted by Crippen LogP contribution is 2.28. The summed E-state index contributed by atoms with van der Waals surface area (Å²) in [7, 11) is 3.03. The van der Waals surface area contributed by atoms with Crippen molar-refractivity contribution in [1.29, 1.82) is 0 Å². The lowest BCUT2D eigenvalue weighted by atomic mass is 10.1. The predicted molar refractivity (Wildman–Crippen MR) is 82.8 cm³/mol. The minimum absolute atomic E-state index is 0.188. The molecule has 0 atom stereocenters. The highest BCUT2D eigenvalue weighted by atomic mass is 16.5. The SMILES string of the molecule is CCCN(CC(=O)OC)c1nccc2ccc(OC)cc12. The van der Waals surface area contributed by atoms with E-state index in [-0.39, 0.29) is 12.5 Å². The molecule has 0 spiro atoms. The predicted octanol–water partition coefficient (Wildman–Crippen LogP) is 2.63. The zero-order valence-corrected chi connectivity index (χ0v) is 12.6. The fourth-order valence-corrected chi connectivity index (χ4v) is 2.26. The second-order valence-electron chi connectivity index (χ2n) is 4.72. The molecule has 0 amide bonds. The molecule has 0 saturated carbocycles. The number of aromatic nitrogens is 1. The van der Waals surface area contributed by atoms with Gasteiger partial charge in [-0.1, -0.05) is 13.0 Å². The molecule has 5 nitrogen and oxygen atoms in total. The van der Waals surface area contributed by atoms with E-state index < -0.39 is 0 Å². The van der Waals surface area contributed by atoms with Crippen LogP contribution in [0.1, 0.15) is 13.3 Å². The Morgan fingerprint density at radius 1 is 1.29 bits per heavy atom. The molecule has 0 N–H and O–H groups in total. The van der Waals surface area contributed by atoms with Gasteiger partial charge in [0.15, 0.2) is 0 Å². The Kier molecular flexibility index (Phi) is 4.98. The van der Waals surface area contributed by atoms with Crippen molar-refractivity contribution in [2.75, 3.05) is 32.2 Å². The van der Waals surface area contributed by atoms with Gasteiger partial charge in [-0.05, 0) is 30.0 Å². The number of hydrogen-bond acceptors (Lipinski definition) is 5. The van der Waals surface area contributed by atoms with Crippen LogP contribution in [0, 0.1) is 0 Å². The zero-order chi connectivity index (χ0) is 15.2. The van der Waals surface area contributed by atoms with Crippen molar-refractivity contribution in [3.63, 3.8) is 0 Å². The normalized spacial score (nSPS) is 10.4. The van der Waals surface area contributed by atoms with Crippen LogP contribution in [0.5, 0.6) is 5.75 Å². The fraction of sp³-hybridized carbons (Fsp3) is 0.375. The summed E-state index contributed by atoms with van der Waals surface area (Å²) in [6.07, 6.45) is 2.67. The van der Waals surface area contributed by atoms with Gasteiger partial charge in [-0.3, -0.25) is 4.79 Å². The zero-order valence-electron chi connectivity index (χ0n) is 12.6. The van der Waals surface area contributed by atoms with E-state index in [0.717, 1.165) is 35.3 Å². The third-order valence-corrected chi connectivity index (χ3v) is 3.29. The van der Waals surface area contributed by atoms with E-state index >= 15 is 0 Å². The molecule has 1 aromatic carbocycles. The average Bonchev–Trinajstić information content (AvgIpc) is 2.53. The summed E-state index contributed by atoms with van der Waals surface area (Å²) in [5.74, 6) is 1.27. The highest BCUT2D eigenvalue weighted by Gasteiger charge is 2.15. The standard InChI is InChI=1S/C16H20N2O3/c1-4-9-18(11-15(19)21-3)16-14-10-13(20-2)6-5-12(14)7-8-17-16/h5-8,10H,4,9,11H2,1-3H3. The number of carbonyl (C=O) groups is 1. The largest absolute Gasteiger partial charge is 0.497 e. The lowest BCUT2D eigenvalue weighted by Crippen LogP contribution is -2.32. The van der Waals surface area contributed by atoms with E-state index in [4.69, 9.17) is 9.47 Å². The molecule has 1 aromatic heterocycles. The van der Waals surface area contributed by atoms with Crippen LogP contribution >= 0.6 is 0 Å². The summed E-state index contributed by atoms with van der Waals surface area (Å²) < 4.78 is 10.1. The summed E-state index contributed by atoms with van der Waals surface area (Å²) in [4.78, 5) is 18.0. The number of methoxy groups -OCH3 is 2. The number of pyridine rings is 1. The second-order valence-corrected chi connectivity index (χ2v) is 4.72. The number of fused-ring (bicyclic) bond motifs is 1. The molecule has 0 fully saturated rings. The van der Waals surface area contributed by atoms with Crippen molar-refractivity contribution in [3.8, 4) is 5.75 Å². The van der Waals surface area contributed by atoms with Gasteiger partial charge in [-0.2, -0.15) is 0 Å². The van der Waals surface area contributed by atoms with E-state index in [1.54, 1.807) is 13.3 Å². The molecule has 0 radical (unpaired) electrons. The maximum atomic E-state index is 11.6. The number of carbonyl (C=O) groups excluding carboxylic acids is 1. The van der Waals surface area contributed by atoms with Gasteiger partial charge in [-0.15, -0.1) is 0 Å². The highest BCUT2D eigenvalue weighted by molar-refractivity contribution is 5.94. The summed E-state index contributed by atoms with van der Waals surface area (Å²) >= 11 is 0. The van der Waals surface area contributed by atoms with Gasteiger partial charge in [0, 0.05) is 18.1 Å². The van der Waals surface area contributed by atoms with Gasteiger partial charge in [0.1, 0.15) is 18.1 Å². The molecule has 5 heteroatoms. The molecular formula is C16H20N2O3. The maximum absolute atomic E-state index is 11.6. The third-order valence-electron chi connectivity index (χ3n) is 3.29. The molecule has 0 bridgehead atoms. The molecule has 2 aromatic rings. The van der Waals surface area contributed by atoms with E-state index in [9.17, 15) is 4.79 Å². The first kappa shape index (κ1) is 15.1. The van der Waals surface area contributed by atoms with Crippen LogP contribution in [0.15, 0.2) is 30.5 Å². The van der Waals surface area contributed by atoms with Crippen LogP contribution in [0.2, 0.25) is 0 Å². The lowest BCUT2D eigenvalue weighted by molar-refractivity contribution is -0.138. The Morgan fingerprint density at radius 2 is 2.10 bits per heavy atom. The minimum Gasteiger partial charge on any atom is -0.497 e. The molecule has 0 unspecified atom stereocenters. The smallest absolute Gasteiger partial charge is 0.325 e. The number of ether oxygens (including phenoxy) is 2. The average molecular weight is 288 g/mol. The first-order valence-corrected chi connectivity index (χ1v) is 6.94. The number of benzene rings is 1. The van der Waals surface area contributed by atoms with E-state index in [1.165, 1.54) is 7.11 Å². The van der Waals surface area contributed by atoms with Crippen LogP contribution in [0.25, 0.3) is 10.8 Å². The number of rotatable bonds is 6. The Bertz CT molecular complexity index is 628. The van der Waals surface area contributed by atoms with E-state index in [2.05, 4.69) is 11.9 Å². The van der Waals surface area contributed by atoms with Crippen LogP contribution in [0.3, 0.4) is 0 Å². The van der Waals surface area contributed by atoms with Gasteiger partial charge in [0.2, 0.25) is 0 Å². The van der Waals surface area contributed by atoms with Crippen molar-refractivity contribution in [3.05, 3.63) is 30.5 Å². The number of esters is 1. The van der Waals surface area contributed by atoms with Crippen LogP contribution in [-0.4, -0.2) is 38.3 Å². The Balaban J connectivity index is 2.47. The molecule has 0 saturated heterocycles. The molecule has 0 aliphatic rings. The number of anilines is 1. The second kappa shape index (κ2) is 6.92. The van der Waals surface area contributed by atoms with Crippen molar-refractivity contribution in [1.82, 2.24) is 4.98 Å². The van der Waals surface area contributed by atoms with Crippen molar-refractivity contribution in [2.24, 2.45) is 0 Å². The van der Waals surface area contributed by atoms with Crippen LogP contribution < -0.4 is 9.64 Å². The topological polar surface area (TPSA) is 51.7 Å². The first-order valence-electron chi connectivity index (χ1n) is 6.94. The molecule has 0 aliphatic carbocycles. The summed E-state index contributed by atoms with van der Waals surface area (Å²) in [6.45, 7) is 2.99. The minimum atomic E-state index is -0.273. The molecule has 2 rings (SSSR count). The third kappa shape index (κ3) is 3.42. The monoisotopic (exact) mass is 288 g/mol. The molecule has 1 heterocycles. The van der Waals surface area contributed by atoms with Crippen molar-refractivity contribution < 1.29 is 14.3 Å². The van der Waals surface area contributed by atoms with Gasteiger partial charge in [-0.25, -0.2) is 4.98 Å². The molecule has 21 heavy (non-hydrogen) atoms. The molecule has 112 valence electrons. The van der Waals surface area contributed by atoms with Crippen molar-refractivity contribution >= 4 is 22.6 Å². The lowest BCUT2D eigenvalue weighted by Gasteiger charge is -2.23. The first-order chi connectivity index (χ1) is 10.2. The van der Waals surface area contributed by atoms with Crippen molar-refractivity contribution in [2.45, 2.75) is 13.3 Å². The quantitative estimate of drug-likeness (QED) is 0.765. The Hall–Kier alpha value is -2.30. The van der Waals surface area contributed by atoms with Gasteiger partial charge in [0.05, 0.1) is 14.2 Å². The molecule has 0 aliphatic heterocycles. The number of hydrogen-bond donors (Lipinski definition) is 0. The molecular weight excluding hydrogens is 268 g/mol.